The van der Waals surface area contributed by atoms with Crippen LogP contribution in [-0.2, 0) is 0 Å². The van der Waals surface area contributed by atoms with Crippen LogP contribution >= 0.6 is 15.9 Å². The maximum absolute atomic E-state index is 13.2. The van der Waals surface area contributed by atoms with Crippen molar-refractivity contribution < 1.29 is 9.18 Å². The Morgan fingerprint density at radius 3 is 2.94 bits per heavy atom. The molecule has 1 N–H and O–H groups in total. The summed E-state index contributed by atoms with van der Waals surface area (Å²) in [7, 11) is 0. The molecule has 1 heterocycles. The van der Waals surface area contributed by atoms with E-state index in [0.29, 0.717) is 6.54 Å². The largest absolute Gasteiger partial charge is 0.351 e. The number of nitrogens with zero attached hydrogens (tertiary/aromatic N) is 1. The molecule has 1 fully saturated rings. The van der Waals surface area contributed by atoms with Crippen molar-refractivity contribution in [1.29, 1.82) is 0 Å². The summed E-state index contributed by atoms with van der Waals surface area (Å²) >= 11 is 3.42. The predicted molar refractivity (Wildman–Crippen MR) is 62.0 cm³/mol. The standard InChI is InChI=1S/C11H12BrFN2O/c12-6-11(2-3-11)7-15-10(16)8-1-4-14-5-9(8)13/h1,4-5H,2-3,6-7H2,(H,15,16). The van der Waals surface area contributed by atoms with E-state index in [2.05, 4.69) is 26.2 Å². The Labute approximate surface area is 102 Å². The van der Waals surface area contributed by atoms with Gasteiger partial charge in [0.15, 0.2) is 5.82 Å². The van der Waals surface area contributed by atoms with Crippen molar-refractivity contribution in [3.8, 4) is 0 Å². The first-order valence-electron chi connectivity index (χ1n) is 5.11. The second kappa shape index (κ2) is 4.49. The zero-order valence-corrected chi connectivity index (χ0v) is 10.3. The van der Waals surface area contributed by atoms with Gasteiger partial charge >= 0.3 is 0 Å². The van der Waals surface area contributed by atoms with Crippen LogP contribution in [0.1, 0.15) is 23.2 Å². The first-order valence-corrected chi connectivity index (χ1v) is 6.23. The highest BCUT2D eigenvalue weighted by Crippen LogP contribution is 2.46. The van der Waals surface area contributed by atoms with Gasteiger partial charge in [-0.3, -0.25) is 9.78 Å². The molecule has 0 radical (unpaired) electrons. The lowest BCUT2D eigenvalue weighted by molar-refractivity contribution is 0.0942. The number of hydrogen-bond donors (Lipinski definition) is 1. The number of hydrogen-bond acceptors (Lipinski definition) is 2. The molecule has 0 spiro atoms. The van der Waals surface area contributed by atoms with Gasteiger partial charge in [0.2, 0.25) is 0 Å². The van der Waals surface area contributed by atoms with Crippen LogP contribution in [0.3, 0.4) is 0 Å². The van der Waals surface area contributed by atoms with Crippen molar-refractivity contribution in [2.75, 3.05) is 11.9 Å². The Kier molecular flexibility index (Phi) is 3.23. The summed E-state index contributed by atoms with van der Waals surface area (Å²) in [6.07, 6.45) is 4.68. The minimum absolute atomic E-state index is 0.0559. The zero-order chi connectivity index (χ0) is 11.6. The number of carbonyl (C=O) groups excluding carboxylic acids is 1. The van der Waals surface area contributed by atoms with Crippen molar-refractivity contribution in [1.82, 2.24) is 10.3 Å². The predicted octanol–water partition coefficient (Wildman–Crippen LogP) is 2.13. The van der Waals surface area contributed by atoms with E-state index >= 15 is 0 Å². The van der Waals surface area contributed by atoms with E-state index in [9.17, 15) is 9.18 Å². The summed E-state index contributed by atoms with van der Waals surface area (Å²) in [6.45, 7) is 0.596. The fourth-order valence-corrected chi connectivity index (χ4v) is 2.22. The highest BCUT2D eigenvalue weighted by Gasteiger charge is 2.41. The Morgan fingerprint density at radius 1 is 1.62 bits per heavy atom. The molecular weight excluding hydrogens is 275 g/mol. The van der Waals surface area contributed by atoms with E-state index in [-0.39, 0.29) is 16.9 Å². The maximum Gasteiger partial charge on any atom is 0.254 e. The van der Waals surface area contributed by atoms with E-state index in [4.69, 9.17) is 0 Å². The average molecular weight is 287 g/mol. The van der Waals surface area contributed by atoms with E-state index < -0.39 is 5.82 Å². The number of amides is 1. The third-order valence-electron chi connectivity index (χ3n) is 2.88. The van der Waals surface area contributed by atoms with Crippen LogP contribution in [0.4, 0.5) is 4.39 Å². The van der Waals surface area contributed by atoms with E-state index in [1.807, 2.05) is 0 Å². The molecule has 1 aromatic heterocycles. The number of nitrogens with one attached hydrogen (secondary N) is 1. The molecule has 1 aromatic rings. The van der Waals surface area contributed by atoms with E-state index in [1.165, 1.54) is 12.3 Å². The molecule has 0 aliphatic heterocycles. The van der Waals surface area contributed by atoms with Crippen LogP contribution in [0, 0.1) is 11.2 Å². The number of halogens is 2. The smallest absolute Gasteiger partial charge is 0.254 e. The fraction of sp³-hybridized carbons (Fsp3) is 0.455. The number of alkyl halides is 1. The summed E-state index contributed by atoms with van der Waals surface area (Å²) in [6, 6.07) is 1.39. The summed E-state index contributed by atoms with van der Waals surface area (Å²) in [5.41, 5.74) is 0.250. The summed E-state index contributed by atoms with van der Waals surface area (Å²) in [5, 5.41) is 3.63. The average Bonchev–Trinajstić information content (AvgIpc) is 3.07. The Balaban J connectivity index is 1.96. The lowest BCUT2D eigenvalue weighted by Gasteiger charge is -2.12. The van der Waals surface area contributed by atoms with Crippen molar-refractivity contribution in [3.63, 3.8) is 0 Å². The van der Waals surface area contributed by atoms with Gasteiger partial charge in [0.25, 0.3) is 5.91 Å². The summed E-state index contributed by atoms with van der Waals surface area (Å²) in [4.78, 5) is 15.3. The molecule has 0 saturated heterocycles. The van der Waals surface area contributed by atoms with Crippen molar-refractivity contribution in [3.05, 3.63) is 29.8 Å². The third kappa shape index (κ3) is 2.40. The first-order chi connectivity index (χ1) is 7.67. The molecule has 1 aliphatic carbocycles. The maximum atomic E-state index is 13.2. The Hall–Kier alpha value is -0.970. The van der Waals surface area contributed by atoms with Gasteiger partial charge < -0.3 is 5.32 Å². The second-order valence-corrected chi connectivity index (χ2v) is 4.73. The molecule has 0 atom stereocenters. The van der Waals surface area contributed by atoms with E-state index in [1.54, 1.807) is 0 Å². The number of rotatable bonds is 4. The van der Waals surface area contributed by atoms with Gasteiger partial charge in [-0.15, -0.1) is 0 Å². The normalized spacial score (nSPS) is 16.9. The molecule has 1 aliphatic rings. The second-order valence-electron chi connectivity index (χ2n) is 4.17. The highest BCUT2D eigenvalue weighted by molar-refractivity contribution is 9.09. The molecule has 2 rings (SSSR count). The van der Waals surface area contributed by atoms with Gasteiger partial charge in [-0.2, -0.15) is 0 Å². The van der Waals surface area contributed by atoms with Crippen LogP contribution < -0.4 is 5.32 Å². The lowest BCUT2D eigenvalue weighted by atomic mass is 10.1. The van der Waals surface area contributed by atoms with Crippen LogP contribution in [0.5, 0.6) is 0 Å². The topological polar surface area (TPSA) is 42.0 Å². The van der Waals surface area contributed by atoms with Crippen molar-refractivity contribution in [2.24, 2.45) is 5.41 Å². The van der Waals surface area contributed by atoms with Gasteiger partial charge in [-0.1, -0.05) is 15.9 Å². The molecule has 86 valence electrons. The molecule has 0 aromatic carbocycles. The van der Waals surface area contributed by atoms with E-state index in [0.717, 1.165) is 24.4 Å². The third-order valence-corrected chi connectivity index (χ3v) is 4.07. The summed E-state index contributed by atoms with van der Waals surface area (Å²) in [5.74, 6) is -0.948. The number of carbonyl (C=O) groups is 1. The van der Waals surface area contributed by atoms with Crippen LogP contribution in [0.25, 0.3) is 0 Å². The summed E-state index contributed by atoms with van der Waals surface area (Å²) < 4.78 is 13.2. The van der Waals surface area contributed by atoms with Crippen LogP contribution in [0.15, 0.2) is 18.5 Å². The number of aromatic nitrogens is 1. The zero-order valence-electron chi connectivity index (χ0n) is 8.67. The van der Waals surface area contributed by atoms with Gasteiger partial charge in [0.05, 0.1) is 11.8 Å². The Morgan fingerprint density at radius 2 is 2.38 bits per heavy atom. The van der Waals surface area contributed by atoms with Crippen molar-refractivity contribution >= 4 is 21.8 Å². The first kappa shape index (κ1) is 11.5. The molecule has 1 saturated carbocycles. The van der Waals surface area contributed by atoms with Gasteiger partial charge in [0.1, 0.15) is 0 Å². The molecule has 1 amide bonds. The molecular formula is C11H12BrFN2O. The molecule has 5 heteroatoms. The minimum atomic E-state index is -0.580. The monoisotopic (exact) mass is 286 g/mol. The molecule has 16 heavy (non-hydrogen) atoms. The number of pyridine rings is 1. The highest BCUT2D eigenvalue weighted by atomic mass is 79.9. The van der Waals surface area contributed by atoms with Gasteiger partial charge in [-0.05, 0) is 24.3 Å². The molecule has 0 bridgehead atoms. The minimum Gasteiger partial charge on any atom is -0.351 e. The molecule has 3 nitrogen and oxygen atoms in total. The SMILES string of the molecule is O=C(NCC1(CBr)CC1)c1ccncc1F. The lowest BCUT2D eigenvalue weighted by Crippen LogP contribution is -2.31. The Bertz CT molecular complexity index is 407. The van der Waals surface area contributed by atoms with Crippen molar-refractivity contribution in [2.45, 2.75) is 12.8 Å². The fourth-order valence-electron chi connectivity index (χ4n) is 1.46. The van der Waals surface area contributed by atoms with Gasteiger partial charge in [-0.25, -0.2) is 4.39 Å². The quantitative estimate of drug-likeness (QED) is 0.862. The molecule has 0 unspecified atom stereocenters. The van der Waals surface area contributed by atoms with Crippen LogP contribution in [0.2, 0.25) is 0 Å². The van der Waals surface area contributed by atoms with Crippen LogP contribution in [-0.4, -0.2) is 22.8 Å². The van der Waals surface area contributed by atoms with Gasteiger partial charge in [0, 0.05) is 18.1 Å².